The topological polar surface area (TPSA) is 28.1 Å². The van der Waals surface area contributed by atoms with Gasteiger partial charge in [0.15, 0.2) is 4.98 Å². The van der Waals surface area contributed by atoms with Gasteiger partial charge in [-0.25, -0.2) is 0 Å². The fourth-order valence-corrected chi connectivity index (χ4v) is 1.49. The molecular weight excluding hydrogens is 184 g/mol. The molecule has 2 nitrogen and oxygen atoms in total. The van der Waals surface area contributed by atoms with Crippen molar-refractivity contribution in [2.24, 2.45) is 0 Å². The highest BCUT2D eigenvalue weighted by atomic mass is 35.5. The van der Waals surface area contributed by atoms with Crippen molar-refractivity contribution >= 4 is 28.1 Å². The summed E-state index contributed by atoms with van der Waals surface area (Å²) in [6.45, 7) is 0. The lowest BCUT2D eigenvalue weighted by Crippen LogP contribution is -1.72. The Morgan fingerprint density at radius 1 is 1.15 bits per heavy atom. The summed E-state index contributed by atoms with van der Waals surface area (Å²) in [4.78, 5) is 3.18. The predicted molar refractivity (Wildman–Crippen MR) is 53.7 cm³/mol. The Bertz CT molecular complexity index is 500. The van der Waals surface area contributed by atoms with E-state index in [4.69, 9.17) is 17.0 Å². The van der Waals surface area contributed by atoms with Gasteiger partial charge in [-0.3, -0.25) is 0 Å². The third-order valence-electron chi connectivity index (χ3n) is 1.93. The first kappa shape index (κ1) is 8.03. The zero-order valence-electron chi connectivity index (χ0n) is 6.74. The van der Waals surface area contributed by atoms with E-state index in [-0.39, 0.29) is 0 Å². The van der Waals surface area contributed by atoms with Gasteiger partial charge in [-0.1, -0.05) is 29.8 Å². The van der Waals surface area contributed by atoms with Gasteiger partial charge >= 0.3 is 5.69 Å². The van der Waals surface area contributed by atoms with Crippen LogP contribution in [-0.4, -0.2) is 0 Å². The van der Waals surface area contributed by atoms with Crippen molar-refractivity contribution in [2.45, 2.75) is 0 Å². The first-order chi connectivity index (χ1) is 6.31. The van der Waals surface area contributed by atoms with Crippen molar-refractivity contribution in [3.63, 3.8) is 0 Å². The smallest absolute Gasteiger partial charge is 0.0843 e. The molecule has 0 radical (unpaired) electrons. The van der Waals surface area contributed by atoms with E-state index >= 15 is 0 Å². The van der Waals surface area contributed by atoms with Gasteiger partial charge in [0.1, 0.15) is 0 Å². The standard InChI is InChI=1S/C10H6ClN2/c11-8-5-4-7-2-1-3-10(13-12)9(7)6-8/h1-6H/q+1. The number of hydrogen-bond donors (Lipinski definition) is 0. The summed E-state index contributed by atoms with van der Waals surface area (Å²) >= 11 is 5.82. The van der Waals surface area contributed by atoms with Crippen molar-refractivity contribution in [2.75, 3.05) is 0 Å². The lowest BCUT2D eigenvalue weighted by Gasteiger charge is -1.93. The highest BCUT2D eigenvalue weighted by molar-refractivity contribution is 6.31. The number of nitrogens with zero attached hydrogens (tertiary/aromatic N) is 2. The van der Waals surface area contributed by atoms with E-state index in [1.54, 1.807) is 12.1 Å². The number of benzene rings is 2. The van der Waals surface area contributed by atoms with Gasteiger partial charge in [-0.2, -0.15) is 0 Å². The second-order valence-electron chi connectivity index (χ2n) is 2.74. The molecule has 0 atom stereocenters. The van der Waals surface area contributed by atoms with Gasteiger partial charge in [0.25, 0.3) is 0 Å². The molecule has 0 spiro atoms. The van der Waals surface area contributed by atoms with E-state index in [2.05, 4.69) is 4.98 Å². The van der Waals surface area contributed by atoms with E-state index < -0.39 is 0 Å². The van der Waals surface area contributed by atoms with Crippen LogP contribution in [0.5, 0.6) is 0 Å². The highest BCUT2D eigenvalue weighted by Gasteiger charge is 2.09. The zero-order chi connectivity index (χ0) is 9.26. The Morgan fingerprint density at radius 2 is 2.00 bits per heavy atom. The van der Waals surface area contributed by atoms with E-state index in [9.17, 15) is 0 Å². The van der Waals surface area contributed by atoms with Crippen LogP contribution in [0.1, 0.15) is 0 Å². The Labute approximate surface area is 80.4 Å². The van der Waals surface area contributed by atoms with Gasteiger partial charge in [-0.05, 0) is 17.5 Å². The normalized spacial score (nSPS) is 9.85. The number of fused-ring (bicyclic) bond motifs is 1. The SMILES string of the molecule is N#[N+]c1cccc2ccc(Cl)cc12. The van der Waals surface area contributed by atoms with Gasteiger partial charge in [0.05, 0.1) is 5.39 Å². The van der Waals surface area contributed by atoms with Crippen LogP contribution in [0.25, 0.3) is 15.7 Å². The number of rotatable bonds is 0. The average molecular weight is 190 g/mol. The summed E-state index contributed by atoms with van der Waals surface area (Å²) in [6.07, 6.45) is 0. The Balaban J connectivity index is 2.89. The van der Waals surface area contributed by atoms with Crippen molar-refractivity contribution in [3.05, 3.63) is 46.4 Å². The Kier molecular flexibility index (Phi) is 1.88. The Morgan fingerprint density at radius 3 is 2.77 bits per heavy atom. The first-order valence-corrected chi connectivity index (χ1v) is 4.22. The minimum absolute atomic E-state index is 0.542. The molecule has 0 saturated carbocycles. The molecular formula is C10H6ClN2+. The van der Waals surface area contributed by atoms with Gasteiger partial charge in [0, 0.05) is 11.1 Å². The van der Waals surface area contributed by atoms with Gasteiger partial charge in [0.2, 0.25) is 5.39 Å². The second kappa shape index (κ2) is 3.04. The molecule has 0 fully saturated rings. The van der Waals surface area contributed by atoms with Crippen molar-refractivity contribution < 1.29 is 0 Å². The van der Waals surface area contributed by atoms with Crippen molar-refractivity contribution in [1.82, 2.24) is 0 Å². The van der Waals surface area contributed by atoms with E-state index in [0.29, 0.717) is 10.7 Å². The maximum absolute atomic E-state index is 8.71. The minimum Gasteiger partial charge on any atom is -0.0843 e. The van der Waals surface area contributed by atoms with E-state index in [1.165, 1.54) is 0 Å². The van der Waals surface area contributed by atoms with Crippen molar-refractivity contribution in [3.8, 4) is 0 Å². The second-order valence-corrected chi connectivity index (χ2v) is 3.18. The summed E-state index contributed by atoms with van der Waals surface area (Å²) in [5.74, 6) is 0. The number of diazo groups is 1. The molecule has 0 aliphatic heterocycles. The van der Waals surface area contributed by atoms with Crippen LogP contribution in [0.2, 0.25) is 5.02 Å². The lowest BCUT2D eigenvalue weighted by atomic mass is 10.1. The summed E-state index contributed by atoms with van der Waals surface area (Å²) in [6, 6.07) is 11.0. The molecule has 3 heteroatoms. The molecule has 0 unspecified atom stereocenters. The molecule has 0 N–H and O–H groups in total. The first-order valence-electron chi connectivity index (χ1n) is 3.84. The summed E-state index contributed by atoms with van der Waals surface area (Å²) in [5, 5.41) is 11.2. The maximum atomic E-state index is 8.71. The quantitative estimate of drug-likeness (QED) is 0.576. The molecule has 62 valence electrons. The molecule has 2 aromatic carbocycles. The Hall–Kier alpha value is -1.59. The van der Waals surface area contributed by atoms with Crippen LogP contribution < -0.4 is 0 Å². The largest absolute Gasteiger partial charge is 0.392 e. The highest BCUT2D eigenvalue weighted by Crippen LogP contribution is 2.28. The fraction of sp³-hybridized carbons (Fsp3) is 0. The molecule has 0 saturated heterocycles. The fourth-order valence-electron chi connectivity index (χ4n) is 1.32. The predicted octanol–water partition coefficient (Wildman–Crippen LogP) is 3.98. The molecule has 2 aromatic rings. The molecule has 0 aliphatic carbocycles. The van der Waals surface area contributed by atoms with Crippen LogP contribution in [0.3, 0.4) is 0 Å². The van der Waals surface area contributed by atoms with Gasteiger partial charge < -0.3 is 0 Å². The summed E-state index contributed by atoms with van der Waals surface area (Å²) in [7, 11) is 0. The van der Waals surface area contributed by atoms with Crippen LogP contribution in [0.4, 0.5) is 5.69 Å². The number of halogens is 1. The molecule has 0 amide bonds. The summed E-state index contributed by atoms with van der Waals surface area (Å²) < 4.78 is 0. The molecule has 0 aliphatic rings. The molecule has 13 heavy (non-hydrogen) atoms. The third kappa shape index (κ3) is 1.34. The zero-order valence-corrected chi connectivity index (χ0v) is 7.49. The lowest BCUT2D eigenvalue weighted by molar-refractivity contribution is 1.47. The van der Waals surface area contributed by atoms with Crippen LogP contribution in [-0.2, 0) is 0 Å². The molecule has 0 heterocycles. The molecule has 2 rings (SSSR count). The van der Waals surface area contributed by atoms with Crippen molar-refractivity contribution in [1.29, 1.82) is 5.39 Å². The van der Waals surface area contributed by atoms with Crippen LogP contribution >= 0.6 is 11.6 Å². The maximum Gasteiger partial charge on any atom is 0.392 e. The summed E-state index contributed by atoms with van der Waals surface area (Å²) in [5.41, 5.74) is 0.542. The monoisotopic (exact) mass is 189 g/mol. The van der Waals surface area contributed by atoms with Crippen LogP contribution in [0, 0.1) is 5.39 Å². The van der Waals surface area contributed by atoms with E-state index in [0.717, 1.165) is 10.8 Å². The number of hydrogen-bond acceptors (Lipinski definition) is 1. The van der Waals surface area contributed by atoms with Crippen LogP contribution in [0.15, 0.2) is 36.4 Å². The average Bonchev–Trinajstić information content (AvgIpc) is 2.17. The molecule has 0 aromatic heterocycles. The van der Waals surface area contributed by atoms with Gasteiger partial charge in [-0.15, -0.1) is 0 Å². The van der Waals surface area contributed by atoms with E-state index in [1.807, 2.05) is 24.3 Å². The third-order valence-corrected chi connectivity index (χ3v) is 2.16. The minimum atomic E-state index is 0.542. The molecule has 0 bridgehead atoms.